The summed E-state index contributed by atoms with van der Waals surface area (Å²) in [6.45, 7) is 6.68. The zero-order valence-corrected chi connectivity index (χ0v) is 12.9. The van der Waals surface area contributed by atoms with Gasteiger partial charge in [-0.05, 0) is 18.8 Å². The maximum atomic E-state index is 11.9. The highest BCUT2D eigenvalue weighted by molar-refractivity contribution is 6.35. The lowest BCUT2D eigenvalue weighted by atomic mass is 9.86. The molecule has 6 nitrogen and oxygen atoms in total. The molecule has 1 aliphatic carbocycles. The summed E-state index contributed by atoms with van der Waals surface area (Å²) in [6.07, 6.45) is 4.46. The Morgan fingerprint density at radius 1 is 1.14 bits per heavy atom. The first-order valence-electron chi connectivity index (χ1n) is 8.05. The van der Waals surface area contributed by atoms with Gasteiger partial charge in [0.05, 0.1) is 13.2 Å². The predicted octanol–water partition coefficient (Wildman–Crippen LogP) is 0.130. The molecule has 1 heterocycles. The van der Waals surface area contributed by atoms with Crippen molar-refractivity contribution in [2.24, 2.45) is 5.92 Å². The van der Waals surface area contributed by atoms with Crippen LogP contribution in [0.5, 0.6) is 0 Å². The van der Waals surface area contributed by atoms with E-state index in [0.717, 1.165) is 52.1 Å². The van der Waals surface area contributed by atoms with Crippen LogP contribution < -0.4 is 10.6 Å². The molecule has 2 N–H and O–H groups in total. The van der Waals surface area contributed by atoms with Gasteiger partial charge in [-0.15, -0.1) is 0 Å². The van der Waals surface area contributed by atoms with Gasteiger partial charge < -0.3 is 15.4 Å². The molecule has 2 amide bonds. The van der Waals surface area contributed by atoms with E-state index in [-0.39, 0.29) is 6.04 Å². The van der Waals surface area contributed by atoms with Crippen molar-refractivity contribution in [1.82, 2.24) is 15.5 Å². The lowest BCUT2D eigenvalue weighted by molar-refractivity contribution is -0.140. The smallest absolute Gasteiger partial charge is 0.309 e. The second-order valence-corrected chi connectivity index (χ2v) is 6.05. The van der Waals surface area contributed by atoms with Gasteiger partial charge in [0.1, 0.15) is 0 Å². The molecule has 0 radical (unpaired) electrons. The zero-order chi connectivity index (χ0) is 15.1. The Balaban J connectivity index is 1.63. The lowest BCUT2D eigenvalue weighted by Gasteiger charge is -2.29. The van der Waals surface area contributed by atoms with Crippen molar-refractivity contribution in [1.29, 1.82) is 0 Å². The second kappa shape index (κ2) is 8.34. The van der Waals surface area contributed by atoms with E-state index in [1.165, 1.54) is 6.42 Å². The largest absolute Gasteiger partial charge is 0.379 e. The third-order valence-electron chi connectivity index (χ3n) is 4.45. The molecule has 0 bridgehead atoms. The van der Waals surface area contributed by atoms with E-state index >= 15 is 0 Å². The number of hydrogen-bond acceptors (Lipinski definition) is 4. The summed E-state index contributed by atoms with van der Waals surface area (Å²) in [4.78, 5) is 25.9. The molecular formula is C15H27N3O3. The van der Waals surface area contributed by atoms with Gasteiger partial charge in [-0.2, -0.15) is 0 Å². The molecular weight excluding hydrogens is 270 g/mol. The van der Waals surface area contributed by atoms with Crippen LogP contribution in [-0.2, 0) is 14.3 Å². The molecule has 0 aromatic heterocycles. The van der Waals surface area contributed by atoms with Crippen LogP contribution in [0, 0.1) is 5.92 Å². The fourth-order valence-corrected chi connectivity index (χ4v) is 3.00. The van der Waals surface area contributed by atoms with Crippen LogP contribution in [0.15, 0.2) is 0 Å². The predicted molar refractivity (Wildman–Crippen MR) is 79.8 cm³/mol. The first-order valence-corrected chi connectivity index (χ1v) is 8.05. The first-order chi connectivity index (χ1) is 10.2. The fraction of sp³-hybridized carbons (Fsp3) is 0.867. The summed E-state index contributed by atoms with van der Waals surface area (Å²) in [7, 11) is 0. The summed E-state index contributed by atoms with van der Waals surface area (Å²) >= 11 is 0. The van der Waals surface area contributed by atoms with Crippen LogP contribution in [0.25, 0.3) is 0 Å². The molecule has 2 rings (SSSR count). The van der Waals surface area contributed by atoms with Crippen molar-refractivity contribution in [3.63, 3.8) is 0 Å². The van der Waals surface area contributed by atoms with Gasteiger partial charge in [0.25, 0.3) is 0 Å². The summed E-state index contributed by atoms with van der Waals surface area (Å²) in [6, 6.07) is 0.149. The number of ether oxygens (including phenoxy) is 1. The molecule has 1 aliphatic heterocycles. The molecule has 2 atom stereocenters. The Morgan fingerprint density at radius 3 is 2.57 bits per heavy atom. The van der Waals surface area contributed by atoms with Gasteiger partial charge >= 0.3 is 11.8 Å². The van der Waals surface area contributed by atoms with Crippen molar-refractivity contribution in [2.75, 3.05) is 39.4 Å². The van der Waals surface area contributed by atoms with Crippen LogP contribution >= 0.6 is 0 Å². The van der Waals surface area contributed by atoms with Crippen molar-refractivity contribution in [3.8, 4) is 0 Å². The Kier molecular flexibility index (Phi) is 6.45. The van der Waals surface area contributed by atoms with Crippen LogP contribution in [0.1, 0.15) is 32.6 Å². The normalized spacial score (nSPS) is 27.1. The first kappa shape index (κ1) is 16.2. The average molecular weight is 297 g/mol. The van der Waals surface area contributed by atoms with Crippen LogP contribution in [0.3, 0.4) is 0 Å². The Hall–Kier alpha value is -1.14. The van der Waals surface area contributed by atoms with E-state index in [4.69, 9.17) is 4.74 Å². The minimum Gasteiger partial charge on any atom is -0.379 e. The number of rotatable bonds is 4. The molecule has 0 unspecified atom stereocenters. The minimum atomic E-state index is -0.513. The van der Waals surface area contributed by atoms with Gasteiger partial charge in [-0.1, -0.05) is 19.8 Å². The van der Waals surface area contributed by atoms with E-state index in [1.807, 2.05) is 0 Å². The molecule has 2 aliphatic rings. The summed E-state index contributed by atoms with van der Waals surface area (Å²) in [5, 5.41) is 5.57. The third-order valence-corrected chi connectivity index (χ3v) is 4.45. The van der Waals surface area contributed by atoms with Gasteiger partial charge in [-0.3, -0.25) is 14.5 Å². The van der Waals surface area contributed by atoms with Gasteiger partial charge in [0.15, 0.2) is 0 Å². The zero-order valence-electron chi connectivity index (χ0n) is 12.9. The average Bonchev–Trinajstić information content (AvgIpc) is 2.50. The topological polar surface area (TPSA) is 70.7 Å². The van der Waals surface area contributed by atoms with Crippen molar-refractivity contribution < 1.29 is 14.3 Å². The second-order valence-electron chi connectivity index (χ2n) is 6.05. The Bertz CT molecular complexity index is 356. The SMILES string of the molecule is C[C@H]1CCCC[C@@H]1NC(=O)C(=O)NCCN1CCOCC1. The summed E-state index contributed by atoms with van der Waals surface area (Å²) < 4.78 is 5.27. The monoisotopic (exact) mass is 297 g/mol. The summed E-state index contributed by atoms with van der Waals surface area (Å²) in [5.41, 5.74) is 0. The molecule has 120 valence electrons. The number of nitrogens with one attached hydrogen (secondary N) is 2. The van der Waals surface area contributed by atoms with E-state index in [2.05, 4.69) is 22.5 Å². The number of nitrogens with zero attached hydrogens (tertiary/aromatic N) is 1. The Labute approximate surface area is 126 Å². The number of carbonyl (C=O) groups excluding carboxylic acids is 2. The number of carbonyl (C=O) groups is 2. The molecule has 0 spiro atoms. The van der Waals surface area contributed by atoms with E-state index in [1.54, 1.807) is 0 Å². The molecule has 0 aromatic carbocycles. The third kappa shape index (κ3) is 5.28. The standard InChI is InChI=1S/C15H27N3O3/c1-12-4-2-3-5-13(12)17-15(20)14(19)16-6-7-18-8-10-21-11-9-18/h12-13H,2-11H2,1H3,(H,16,19)(H,17,20)/t12-,13-/m0/s1. The number of hydrogen-bond donors (Lipinski definition) is 2. The van der Waals surface area contributed by atoms with Crippen LogP contribution in [-0.4, -0.2) is 62.1 Å². The molecule has 6 heteroatoms. The molecule has 2 fully saturated rings. The highest BCUT2D eigenvalue weighted by atomic mass is 16.5. The van der Waals surface area contributed by atoms with Crippen LogP contribution in [0.2, 0.25) is 0 Å². The maximum absolute atomic E-state index is 11.9. The highest BCUT2D eigenvalue weighted by Crippen LogP contribution is 2.23. The molecule has 1 saturated carbocycles. The molecule has 0 aromatic rings. The molecule has 21 heavy (non-hydrogen) atoms. The minimum absolute atomic E-state index is 0.149. The molecule has 1 saturated heterocycles. The van der Waals surface area contributed by atoms with Gasteiger partial charge in [-0.25, -0.2) is 0 Å². The van der Waals surface area contributed by atoms with Gasteiger partial charge in [0, 0.05) is 32.2 Å². The van der Waals surface area contributed by atoms with Crippen LogP contribution in [0.4, 0.5) is 0 Å². The van der Waals surface area contributed by atoms with Crippen molar-refractivity contribution in [2.45, 2.75) is 38.6 Å². The van der Waals surface area contributed by atoms with E-state index in [0.29, 0.717) is 12.5 Å². The van der Waals surface area contributed by atoms with E-state index in [9.17, 15) is 9.59 Å². The maximum Gasteiger partial charge on any atom is 0.309 e. The highest BCUT2D eigenvalue weighted by Gasteiger charge is 2.25. The lowest BCUT2D eigenvalue weighted by Crippen LogP contribution is -2.49. The summed E-state index contributed by atoms with van der Waals surface area (Å²) in [5.74, 6) is -0.541. The number of amides is 2. The van der Waals surface area contributed by atoms with Crippen molar-refractivity contribution in [3.05, 3.63) is 0 Å². The fourth-order valence-electron chi connectivity index (χ4n) is 3.00. The van der Waals surface area contributed by atoms with Crippen molar-refractivity contribution >= 4 is 11.8 Å². The Morgan fingerprint density at radius 2 is 1.86 bits per heavy atom. The number of morpholine rings is 1. The van der Waals surface area contributed by atoms with Gasteiger partial charge in [0.2, 0.25) is 0 Å². The van der Waals surface area contributed by atoms with E-state index < -0.39 is 11.8 Å². The quantitative estimate of drug-likeness (QED) is 0.724.